The number of hydrogen-bond donors (Lipinski definition) is 1. The molecular weight excluding hydrogens is 176 g/mol. The van der Waals surface area contributed by atoms with Gasteiger partial charge in [-0.3, -0.25) is 4.68 Å². The number of aryl methyl sites for hydroxylation is 2. The molecule has 4 nitrogen and oxygen atoms in total. The fourth-order valence-electron chi connectivity index (χ4n) is 1.33. The minimum absolute atomic E-state index is 0.690. The van der Waals surface area contributed by atoms with Gasteiger partial charge in [0, 0.05) is 13.5 Å². The van der Waals surface area contributed by atoms with E-state index in [2.05, 4.69) is 23.9 Å². The SMILES string of the molecule is CCCC(N)=Nc1cn(C)nc1CC. The maximum atomic E-state index is 5.76. The van der Waals surface area contributed by atoms with E-state index in [9.17, 15) is 0 Å². The minimum Gasteiger partial charge on any atom is -0.387 e. The van der Waals surface area contributed by atoms with E-state index < -0.39 is 0 Å². The van der Waals surface area contributed by atoms with Gasteiger partial charge in [0.1, 0.15) is 5.69 Å². The number of aromatic nitrogens is 2. The molecule has 78 valence electrons. The molecule has 0 bridgehead atoms. The number of aliphatic imine (C=N–C) groups is 1. The summed E-state index contributed by atoms with van der Waals surface area (Å²) in [6.45, 7) is 4.16. The van der Waals surface area contributed by atoms with E-state index in [1.54, 1.807) is 4.68 Å². The Bertz CT molecular complexity index is 325. The lowest BCUT2D eigenvalue weighted by Crippen LogP contribution is -2.09. The van der Waals surface area contributed by atoms with Crippen molar-refractivity contribution in [1.82, 2.24) is 9.78 Å². The van der Waals surface area contributed by atoms with Crippen LogP contribution in [0.1, 0.15) is 32.4 Å². The molecule has 0 saturated heterocycles. The van der Waals surface area contributed by atoms with Crippen LogP contribution in [0.5, 0.6) is 0 Å². The number of amidine groups is 1. The van der Waals surface area contributed by atoms with Crippen LogP contribution in [-0.2, 0) is 13.5 Å². The molecule has 0 atom stereocenters. The van der Waals surface area contributed by atoms with Crippen LogP contribution in [0.15, 0.2) is 11.2 Å². The molecule has 0 aliphatic carbocycles. The van der Waals surface area contributed by atoms with E-state index in [0.717, 1.165) is 30.6 Å². The van der Waals surface area contributed by atoms with Crippen LogP contribution in [-0.4, -0.2) is 15.6 Å². The van der Waals surface area contributed by atoms with Crippen LogP contribution in [0.25, 0.3) is 0 Å². The monoisotopic (exact) mass is 194 g/mol. The third-order valence-corrected chi connectivity index (χ3v) is 1.99. The quantitative estimate of drug-likeness (QED) is 0.586. The molecule has 4 heteroatoms. The molecule has 2 N–H and O–H groups in total. The molecule has 1 rings (SSSR count). The molecule has 0 radical (unpaired) electrons. The lowest BCUT2D eigenvalue weighted by Gasteiger charge is -1.96. The zero-order valence-electron chi connectivity index (χ0n) is 9.12. The highest BCUT2D eigenvalue weighted by Gasteiger charge is 2.04. The topological polar surface area (TPSA) is 56.2 Å². The van der Waals surface area contributed by atoms with Gasteiger partial charge in [-0.05, 0) is 12.8 Å². The van der Waals surface area contributed by atoms with E-state index in [0.29, 0.717) is 5.84 Å². The highest BCUT2D eigenvalue weighted by atomic mass is 15.3. The third-order valence-electron chi connectivity index (χ3n) is 1.99. The van der Waals surface area contributed by atoms with Crippen molar-refractivity contribution in [2.45, 2.75) is 33.1 Å². The van der Waals surface area contributed by atoms with E-state index in [1.165, 1.54) is 0 Å². The van der Waals surface area contributed by atoms with Crippen LogP contribution >= 0.6 is 0 Å². The van der Waals surface area contributed by atoms with Gasteiger partial charge in [-0.15, -0.1) is 0 Å². The molecule has 0 aliphatic rings. The summed E-state index contributed by atoms with van der Waals surface area (Å²) < 4.78 is 1.77. The average molecular weight is 194 g/mol. The summed E-state index contributed by atoms with van der Waals surface area (Å²) in [6.07, 6.45) is 4.66. The summed E-state index contributed by atoms with van der Waals surface area (Å²) in [4.78, 5) is 4.35. The first-order valence-electron chi connectivity index (χ1n) is 5.02. The van der Waals surface area contributed by atoms with Crippen LogP contribution in [0, 0.1) is 0 Å². The Balaban J connectivity index is 2.89. The number of rotatable bonds is 4. The molecule has 1 heterocycles. The molecule has 0 unspecified atom stereocenters. The summed E-state index contributed by atoms with van der Waals surface area (Å²) in [7, 11) is 1.90. The second kappa shape index (κ2) is 4.79. The summed E-state index contributed by atoms with van der Waals surface area (Å²) >= 11 is 0. The van der Waals surface area contributed by atoms with Crippen molar-refractivity contribution in [2.24, 2.45) is 17.8 Å². The van der Waals surface area contributed by atoms with Gasteiger partial charge in [0.2, 0.25) is 0 Å². The van der Waals surface area contributed by atoms with Crippen molar-refractivity contribution >= 4 is 11.5 Å². The number of nitrogens with two attached hydrogens (primary N) is 1. The Morgan fingerprint density at radius 2 is 2.29 bits per heavy atom. The summed E-state index contributed by atoms with van der Waals surface area (Å²) in [6, 6.07) is 0. The van der Waals surface area contributed by atoms with Crippen LogP contribution in [0.4, 0.5) is 5.69 Å². The van der Waals surface area contributed by atoms with Crippen molar-refractivity contribution in [3.63, 3.8) is 0 Å². The molecule has 0 saturated carbocycles. The molecule has 0 fully saturated rings. The zero-order valence-corrected chi connectivity index (χ0v) is 9.12. The second-order valence-electron chi connectivity index (χ2n) is 3.34. The molecular formula is C10H18N4. The van der Waals surface area contributed by atoms with Crippen LogP contribution in [0.3, 0.4) is 0 Å². The predicted molar refractivity (Wildman–Crippen MR) is 58.8 cm³/mol. The normalized spacial score (nSPS) is 12.1. The van der Waals surface area contributed by atoms with Gasteiger partial charge in [-0.2, -0.15) is 5.10 Å². The Morgan fingerprint density at radius 1 is 1.57 bits per heavy atom. The summed E-state index contributed by atoms with van der Waals surface area (Å²) in [5.41, 5.74) is 7.67. The maximum Gasteiger partial charge on any atom is 0.106 e. The number of hydrogen-bond acceptors (Lipinski definition) is 2. The molecule has 0 amide bonds. The van der Waals surface area contributed by atoms with Gasteiger partial charge in [0.05, 0.1) is 17.7 Å². The molecule has 0 aromatic carbocycles. The Morgan fingerprint density at radius 3 is 2.86 bits per heavy atom. The van der Waals surface area contributed by atoms with E-state index in [4.69, 9.17) is 5.73 Å². The Hall–Kier alpha value is -1.32. The van der Waals surface area contributed by atoms with Gasteiger partial charge in [0.25, 0.3) is 0 Å². The Kier molecular flexibility index (Phi) is 3.68. The maximum absolute atomic E-state index is 5.76. The standard InChI is InChI=1S/C10H18N4/c1-4-6-10(11)12-9-7-14(3)13-8(9)5-2/h7H,4-6H2,1-3H3,(H2,11,12). The first-order chi connectivity index (χ1) is 6.67. The van der Waals surface area contributed by atoms with E-state index >= 15 is 0 Å². The van der Waals surface area contributed by atoms with Gasteiger partial charge in [-0.1, -0.05) is 13.8 Å². The van der Waals surface area contributed by atoms with Crippen molar-refractivity contribution < 1.29 is 0 Å². The molecule has 1 aromatic heterocycles. The molecule has 1 aromatic rings. The molecule has 0 spiro atoms. The average Bonchev–Trinajstić information content (AvgIpc) is 2.46. The minimum atomic E-state index is 0.690. The number of nitrogens with zero attached hydrogens (tertiary/aromatic N) is 3. The van der Waals surface area contributed by atoms with Gasteiger partial charge in [-0.25, -0.2) is 4.99 Å². The zero-order chi connectivity index (χ0) is 10.6. The van der Waals surface area contributed by atoms with Gasteiger partial charge < -0.3 is 5.73 Å². The van der Waals surface area contributed by atoms with Crippen molar-refractivity contribution in [2.75, 3.05) is 0 Å². The first-order valence-corrected chi connectivity index (χ1v) is 5.02. The fraction of sp³-hybridized carbons (Fsp3) is 0.600. The lowest BCUT2D eigenvalue weighted by molar-refractivity contribution is 0.746. The first kappa shape index (κ1) is 10.8. The highest BCUT2D eigenvalue weighted by Crippen LogP contribution is 2.17. The second-order valence-corrected chi connectivity index (χ2v) is 3.34. The van der Waals surface area contributed by atoms with Crippen molar-refractivity contribution in [3.8, 4) is 0 Å². The predicted octanol–water partition coefficient (Wildman–Crippen LogP) is 1.77. The fourth-order valence-corrected chi connectivity index (χ4v) is 1.33. The lowest BCUT2D eigenvalue weighted by atomic mass is 10.3. The highest BCUT2D eigenvalue weighted by molar-refractivity contribution is 5.83. The summed E-state index contributed by atoms with van der Waals surface area (Å²) in [5.74, 6) is 0.690. The third kappa shape index (κ3) is 2.58. The molecule has 14 heavy (non-hydrogen) atoms. The van der Waals surface area contributed by atoms with Crippen molar-refractivity contribution in [1.29, 1.82) is 0 Å². The smallest absolute Gasteiger partial charge is 0.106 e. The largest absolute Gasteiger partial charge is 0.387 e. The Labute approximate surface area is 84.8 Å². The van der Waals surface area contributed by atoms with E-state index in [-0.39, 0.29) is 0 Å². The van der Waals surface area contributed by atoms with E-state index in [1.807, 2.05) is 13.2 Å². The van der Waals surface area contributed by atoms with Crippen LogP contribution < -0.4 is 5.73 Å². The van der Waals surface area contributed by atoms with Gasteiger partial charge >= 0.3 is 0 Å². The van der Waals surface area contributed by atoms with Crippen molar-refractivity contribution in [3.05, 3.63) is 11.9 Å². The molecule has 0 aliphatic heterocycles. The van der Waals surface area contributed by atoms with Gasteiger partial charge in [0.15, 0.2) is 0 Å². The summed E-state index contributed by atoms with van der Waals surface area (Å²) in [5, 5.41) is 4.30. The van der Waals surface area contributed by atoms with Crippen LogP contribution in [0.2, 0.25) is 0 Å².